The molecule has 4 heterocycles. The quantitative estimate of drug-likeness (QED) is 0.229. The number of carbonyl (C=O) groups excluding carboxylic acids is 1. The standard InChI is InChI=1S/C31H41N7O/c1-6-26(19-30-17-25(5)38(35-30)22-37-24(4)16-23(3)34-37)18-27(7-2)31(39)36(20-28-12-8-10-14-32-28)21-29-13-9-11-15-33-29/h8-17,26-27H,6-7,18-22H2,1-5H3. The molecule has 2 atom stereocenters. The normalized spacial score (nSPS) is 12.8. The van der Waals surface area contributed by atoms with Crippen molar-refractivity contribution in [2.45, 2.75) is 80.1 Å². The molecule has 4 aromatic heterocycles. The zero-order valence-electron chi connectivity index (χ0n) is 23.9. The number of nitrogens with zero attached hydrogens (tertiary/aromatic N) is 7. The lowest BCUT2D eigenvalue weighted by atomic mass is 9.86. The molecule has 0 saturated carbocycles. The van der Waals surface area contributed by atoms with E-state index >= 15 is 0 Å². The van der Waals surface area contributed by atoms with Crippen LogP contribution in [0.25, 0.3) is 0 Å². The summed E-state index contributed by atoms with van der Waals surface area (Å²) in [7, 11) is 0. The smallest absolute Gasteiger partial charge is 0.226 e. The fourth-order valence-corrected chi connectivity index (χ4v) is 5.15. The van der Waals surface area contributed by atoms with E-state index < -0.39 is 0 Å². The number of pyridine rings is 2. The second-order valence-corrected chi connectivity index (χ2v) is 10.5. The van der Waals surface area contributed by atoms with Crippen LogP contribution in [-0.2, 0) is 31.0 Å². The molecule has 0 spiro atoms. The highest BCUT2D eigenvalue weighted by atomic mass is 16.2. The van der Waals surface area contributed by atoms with Crippen LogP contribution in [0.2, 0.25) is 0 Å². The molecular weight excluding hydrogens is 486 g/mol. The highest BCUT2D eigenvalue weighted by Gasteiger charge is 2.27. The molecule has 0 aliphatic carbocycles. The third-order valence-corrected chi connectivity index (χ3v) is 7.41. The van der Waals surface area contributed by atoms with Gasteiger partial charge in [0.15, 0.2) is 0 Å². The van der Waals surface area contributed by atoms with Crippen molar-refractivity contribution >= 4 is 5.91 Å². The second-order valence-electron chi connectivity index (χ2n) is 10.5. The molecule has 0 aliphatic rings. The van der Waals surface area contributed by atoms with Gasteiger partial charge in [0.1, 0.15) is 6.67 Å². The van der Waals surface area contributed by atoms with E-state index in [0.717, 1.165) is 59.8 Å². The summed E-state index contributed by atoms with van der Waals surface area (Å²) in [6.07, 6.45) is 7.02. The first-order chi connectivity index (χ1) is 18.9. The highest BCUT2D eigenvalue weighted by molar-refractivity contribution is 5.78. The van der Waals surface area contributed by atoms with Gasteiger partial charge in [-0.05, 0) is 82.3 Å². The third kappa shape index (κ3) is 7.62. The van der Waals surface area contributed by atoms with Crippen molar-refractivity contribution in [2.75, 3.05) is 0 Å². The summed E-state index contributed by atoms with van der Waals surface area (Å²) in [5, 5.41) is 9.50. The fourth-order valence-electron chi connectivity index (χ4n) is 5.15. The Kier molecular flexibility index (Phi) is 9.63. The van der Waals surface area contributed by atoms with Crippen molar-refractivity contribution in [1.82, 2.24) is 34.4 Å². The Bertz CT molecular complexity index is 1290. The van der Waals surface area contributed by atoms with Gasteiger partial charge in [0.2, 0.25) is 5.91 Å². The van der Waals surface area contributed by atoms with E-state index in [4.69, 9.17) is 5.10 Å². The van der Waals surface area contributed by atoms with Crippen molar-refractivity contribution in [3.8, 4) is 0 Å². The van der Waals surface area contributed by atoms with Gasteiger partial charge in [-0.2, -0.15) is 10.2 Å². The van der Waals surface area contributed by atoms with Crippen molar-refractivity contribution < 1.29 is 4.79 Å². The Morgan fingerprint density at radius 2 is 1.44 bits per heavy atom. The van der Waals surface area contributed by atoms with Crippen molar-refractivity contribution in [3.63, 3.8) is 0 Å². The van der Waals surface area contributed by atoms with E-state index in [1.807, 2.05) is 57.6 Å². The van der Waals surface area contributed by atoms with Gasteiger partial charge in [0, 0.05) is 29.7 Å². The molecule has 206 valence electrons. The molecule has 0 aliphatic heterocycles. The van der Waals surface area contributed by atoms with Crippen molar-refractivity contribution in [3.05, 3.63) is 95.1 Å². The lowest BCUT2D eigenvalue weighted by Gasteiger charge is -2.28. The van der Waals surface area contributed by atoms with Crippen LogP contribution in [0.5, 0.6) is 0 Å². The number of aromatic nitrogens is 6. The number of hydrogen-bond acceptors (Lipinski definition) is 5. The molecule has 0 N–H and O–H groups in total. The molecular formula is C31H41N7O. The van der Waals surface area contributed by atoms with Crippen molar-refractivity contribution in [2.24, 2.45) is 11.8 Å². The molecule has 0 bridgehead atoms. The van der Waals surface area contributed by atoms with E-state index in [2.05, 4.69) is 54.9 Å². The first kappa shape index (κ1) is 28.2. The summed E-state index contributed by atoms with van der Waals surface area (Å²) in [5.74, 6) is 0.459. The molecule has 0 aromatic carbocycles. The number of rotatable bonds is 13. The van der Waals surface area contributed by atoms with Gasteiger partial charge in [-0.3, -0.25) is 14.8 Å². The molecule has 39 heavy (non-hydrogen) atoms. The summed E-state index contributed by atoms with van der Waals surface area (Å²) in [4.78, 5) is 24.8. The van der Waals surface area contributed by atoms with Crippen LogP contribution in [-0.4, -0.2) is 40.3 Å². The van der Waals surface area contributed by atoms with E-state index in [9.17, 15) is 4.79 Å². The zero-order valence-corrected chi connectivity index (χ0v) is 23.9. The van der Waals surface area contributed by atoms with Crippen LogP contribution in [0.15, 0.2) is 60.9 Å². The summed E-state index contributed by atoms with van der Waals surface area (Å²) >= 11 is 0. The first-order valence-electron chi connectivity index (χ1n) is 14.0. The lowest BCUT2D eigenvalue weighted by molar-refractivity contribution is -0.137. The number of carbonyl (C=O) groups is 1. The number of hydrogen-bond donors (Lipinski definition) is 0. The fraction of sp³-hybridized carbons (Fsp3) is 0.452. The monoisotopic (exact) mass is 527 g/mol. The molecule has 2 unspecified atom stereocenters. The Hall–Kier alpha value is -3.81. The van der Waals surface area contributed by atoms with E-state index in [0.29, 0.717) is 25.7 Å². The van der Waals surface area contributed by atoms with Crippen LogP contribution in [0.4, 0.5) is 0 Å². The van der Waals surface area contributed by atoms with Crippen LogP contribution < -0.4 is 0 Å². The summed E-state index contributed by atoms with van der Waals surface area (Å²) in [6, 6.07) is 15.9. The summed E-state index contributed by atoms with van der Waals surface area (Å²) in [5.41, 5.74) is 6.09. The SMILES string of the molecule is CCC(Cc1cc(C)n(Cn2nc(C)cc2C)n1)CC(CC)C(=O)N(Cc1ccccn1)Cc1ccccn1. The van der Waals surface area contributed by atoms with Crippen LogP contribution in [0.3, 0.4) is 0 Å². The first-order valence-corrected chi connectivity index (χ1v) is 14.0. The maximum absolute atomic E-state index is 13.9. The molecule has 0 saturated heterocycles. The Morgan fingerprint density at radius 1 is 0.821 bits per heavy atom. The minimum Gasteiger partial charge on any atom is -0.331 e. The predicted molar refractivity (Wildman–Crippen MR) is 153 cm³/mol. The predicted octanol–water partition coefficient (Wildman–Crippen LogP) is 5.51. The van der Waals surface area contributed by atoms with Gasteiger partial charge in [-0.1, -0.05) is 32.4 Å². The third-order valence-electron chi connectivity index (χ3n) is 7.41. The minimum absolute atomic E-state index is 0.0692. The van der Waals surface area contributed by atoms with Crippen LogP contribution in [0, 0.1) is 32.6 Å². The number of aryl methyl sites for hydroxylation is 3. The lowest BCUT2D eigenvalue weighted by Crippen LogP contribution is -2.36. The second kappa shape index (κ2) is 13.3. The Balaban J connectivity index is 1.46. The van der Waals surface area contributed by atoms with E-state index in [1.165, 1.54) is 0 Å². The molecule has 4 aromatic rings. The largest absolute Gasteiger partial charge is 0.331 e. The zero-order chi connectivity index (χ0) is 27.8. The average Bonchev–Trinajstić information content (AvgIpc) is 3.45. The molecule has 8 nitrogen and oxygen atoms in total. The van der Waals surface area contributed by atoms with Gasteiger partial charge < -0.3 is 4.90 Å². The van der Waals surface area contributed by atoms with Gasteiger partial charge in [0.05, 0.1) is 35.9 Å². The minimum atomic E-state index is -0.0692. The maximum atomic E-state index is 13.9. The van der Waals surface area contributed by atoms with E-state index in [1.54, 1.807) is 12.4 Å². The van der Waals surface area contributed by atoms with Gasteiger partial charge in [-0.25, -0.2) is 9.36 Å². The summed E-state index contributed by atoms with van der Waals surface area (Å²) < 4.78 is 4.01. The number of amides is 1. The average molecular weight is 528 g/mol. The molecule has 1 amide bonds. The molecule has 4 rings (SSSR count). The van der Waals surface area contributed by atoms with Gasteiger partial charge >= 0.3 is 0 Å². The topological polar surface area (TPSA) is 81.7 Å². The van der Waals surface area contributed by atoms with Crippen molar-refractivity contribution in [1.29, 1.82) is 0 Å². The van der Waals surface area contributed by atoms with E-state index in [-0.39, 0.29) is 11.8 Å². The summed E-state index contributed by atoms with van der Waals surface area (Å²) in [6.45, 7) is 12.0. The van der Waals surface area contributed by atoms with Gasteiger partial charge in [0.25, 0.3) is 0 Å². The molecule has 0 fully saturated rings. The molecule has 0 radical (unpaired) electrons. The van der Waals surface area contributed by atoms with Crippen LogP contribution >= 0.6 is 0 Å². The van der Waals surface area contributed by atoms with Gasteiger partial charge in [-0.15, -0.1) is 0 Å². The Morgan fingerprint density at radius 3 is 1.95 bits per heavy atom. The van der Waals surface area contributed by atoms with Crippen LogP contribution in [0.1, 0.15) is 67.3 Å². The highest BCUT2D eigenvalue weighted by Crippen LogP contribution is 2.25. The molecule has 8 heteroatoms. The maximum Gasteiger partial charge on any atom is 0.226 e. The Labute approximate surface area is 232 Å².